The molecule has 0 N–H and O–H groups in total. The van der Waals surface area contributed by atoms with E-state index < -0.39 is 0 Å². The molecule has 2 atom stereocenters. The minimum absolute atomic E-state index is 0.762. The van der Waals surface area contributed by atoms with Gasteiger partial charge in [-0.05, 0) is 19.3 Å². The van der Waals surface area contributed by atoms with Crippen LogP contribution in [0.15, 0.2) is 23.8 Å². The molecule has 0 aromatic carbocycles. The van der Waals surface area contributed by atoms with E-state index in [-0.39, 0.29) is 0 Å². The fourth-order valence-corrected chi connectivity index (χ4v) is 1.62. The SMILES string of the molecule is CC1=CC[C@H]([C@@H](C)I)C=C1. The Labute approximate surface area is 76.5 Å². The van der Waals surface area contributed by atoms with Gasteiger partial charge in [0.15, 0.2) is 0 Å². The highest BCUT2D eigenvalue weighted by atomic mass is 127. The maximum atomic E-state index is 2.49. The van der Waals surface area contributed by atoms with E-state index in [1.54, 1.807) is 0 Å². The van der Waals surface area contributed by atoms with Gasteiger partial charge in [0.25, 0.3) is 0 Å². The Morgan fingerprint density at radius 1 is 1.70 bits per heavy atom. The van der Waals surface area contributed by atoms with Crippen molar-refractivity contribution in [2.45, 2.75) is 24.2 Å². The molecule has 0 fully saturated rings. The molecule has 0 aromatic heterocycles. The molecule has 10 heavy (non-hydrogen) atoms. The molecule has 56 valence electrons. The first-order chi connectivity index (χ1) is 4.70. The Bertz CT molecular complexity index is 166. The molecule has 0 bridgehead atoms. The number of halogens is 1. The van der Waals surface area contributed by atoms with Crippen molar-refractivity contribution in [1.29, 1.82) is 0 Å². The molecule has 0 spiro atoms. The van der Waals surface area contributed by atoms with Gasteiger partial charge >= 0.3 is 0 Å². The van der Waals surface area contributed by atoms with Crippen LogP contribution in [0, 0.1) is 5.92 Å². The summed E-state index contributed by atoms with van der Waals surface area (Å²) in [6, 6.07) is 0. The lowest BCUT2D eigenvalue weighted by Crippen LogP contribution is -2.08. The molecule has 1 aliphatic rings. The Morgan fingerprint density at radius 2 is 2.40 bits per heavy atom. The largest absolute Gasteiger partial charge is 0.0823 e. The number of allylic oxidation sites excluding steroid dienone is 4. The summed E-state index contributed by atoms with van der Waals surface area (Å²) >= 11 is 2.49. The van der Waals surface area contributed by atoms with Gasteiger partial charge in [-0.3, -0.25) is 0 Å². The molecule has 1 aliphatic carbocycles. The first-order valence-electron chi connectivity index (χ1n) is 3.69. The van der Waals surface area contributed by atoms with Gasteiger partial charge in [0, 0.05) is 3.92 Å². The van der Waals surface area contributed by atoms with Crippen LogP contribution in [0.25, 0.3) is 0 Å². The molecule has 0 aromatic rings. The van der Waals surface area contributed by atoms with Crippen LogP contribution in [0.4, 0.5) is 0 Å². The van der Waals surface area contributed by atoms with Gasteiger partial charge < -0.3 is 0 Å². The normalized spacial score (nSPS) is 27.9. The predicted molar refractivity (Wildman–Crippen MR) is 54.5 cm³/mol. The van der Waals surface area contributed by atoms with E-state index in [1.807, 2.05) is 0 Å². The van der Waals surface area contributed by atoms with Crippen LogP contribution in [0.2, 0.25) is 0 Å². The van der Waals surface area contributed by atoms with Crippen LogP contribution in [0.1, 0.15) is 20.3 Å². The van der Waals surface area contributed by atoms with Crippen LogP contribution in [0.3, 0.4) is 0 Å². The summed E-state index contributed by atoms with van der Waals surface area (Å²) in [4.78, 5) is 0. The number of hydrogen-bond acceptors (Lipinski definition) is 0. The molecule has 0 radical (unpaired) electrons. The van der Waals surface area contributed by atoms with Gasteiger partial charge in [-0.25, -0.2) is 0 Å². The van der Waals surface area contributed by atoms with Crippen molar-refractivity contribution < 1.29 is 0 Å². The van der Waals surface area contributed by atoms with Crippen LogP contribution in [-0.2, 0) is 0 Å². The van der Waals surface area contributed by atoms with Crippen molar-refractivity contribution in [3.8, 4) is 0 Å². The Hall–Kier alpha value is 0.210. The predicted octanol–water partition coefficient (Wildman–Crippen LogP) is 3.33. The summed E-state index contributed by atoms with van der Waals surface area (Å²) in [5, 5.41) is 0. The van der Waals surface area contributed by atoms with Gasteiger partial charge in [-0.2, -0.15) is 0 Å². The third kappa shape index (κ3) is 2.11. The van der Waals surface area contributed by atoms with Crippen LogP contribution in [0.5, 0.6) is 0 Å². The van der Waals surface area contributed by atoms with Gasteiger partial charge in [0.1, 0.15) is 0 Å². The highest BCUT2D eigenvalue weighted by Crippen LogP contribution is 2.23. The zero-order valence-corrected chi connectivity index (χ0v) is 8.63. The lowest BCUT2D eigenvalue weighted by Gasteiger charge is -2.16. The fraction of sp³-hybridized carbons (Fsp3) is 0.556. The van der Waals surface area contributed by atoms with E-state index in [9.17, 15) is 0 Å². The molecule has 0 aliphatic heterocycles. The summed E-state index contributed by atoms with van der Waals surface area (Å²) in [6.45, 7) is 4.43. The van der Waals surface area contributed by atoms with Crippen molar-refractivity contribution in [3.05, 3.63) is 23.8 Å². The third-order valence-corrected chi connectivity index (χ3v) is 2.83. The third-order valence-electron chi connectivity index (χ3n) is 1.91. The first kappa shape index (κ1) is 8.31. The summed E-state index contributed by atoms with van der Waals surface area (Å²) in [6.07, 6.45) is 8.10. The van der Waals surface area contributed by atoms with E-state index in [4.69, 9.17) is 0 Å². The summed E-state index contributed by atoms with van der Waals surface area (Å²) in [7, 11) is 0. The molecular weight excluding hydrogens is 235 g/mol. The van der Waals surface area contributed by atoms with E-state index in [0.717, 1.165) is 9.84 Å². The molecule has 0 amide bonds. The molecule has 1 rings (SSSR count). The second-order valence-electron chi connectivity index (χ2n) is 2.88. The molecule has 0 saturated heterocycles. The number of hydrogen-bond donors (Lipinski definition) is 0. The lowest BCUT2D eigenvalue weighted by molar-refractivity contribution is 0.662. The number of alkyl halides is 1. The first-order valence-corrected chi connectivity index (χ1v) is 4.94. The monoisotopic (exact) mass is 248 g/mol. The van der Waals surface area contributed by atoms with Crippen LogP contribution in [-0.4, -0.2) is 3.92 Å². The van der Waals surface area contributed by atoms with E-state index in [0.29, 0.717) is 0 Å². The van der Waals surface area contributed by atoms with Crippen molar-refractivity contribution in [3.63, 3.8) is 0 Å². The van der Waals surface area contributed by atoms with E-state index in [1.165, 1.54) is 12.0 Å². The van der Waals surface area contributed by atoms with Crippen LogP contribution >= 0.6 is 22.6 Å². The van der Waals surface area contributed by atoms with Crippen molar-refractivity contribution in [2.24, 2.45) is 5.92 Å². The van der Waals surface area contributed by atoms with Crippen molar-refractivity contribution >= 4 is 22.6 Å². The minimum atomic E-state index is 0.762. The topological polar surface area (TPSA) is 0 Å². The lowest BCUT2D eigenvalue weighted by atomic mass is 9.95. The second kappa shape index (κ2) is 3.56. The quantitative estimate of drug-likeness (QED) is 0.493. The van der Waals surface area contributed by atoms with Crippen LogP contribution < -0.4 is 0 Å². The van der Waals surface area contributed by atoms with Gasteiger partial charge in [0.05, 0.1) is 0 Å². The van der Waals surface area contributed by atoms with Gasteiger partial charge in [0.2, 0.25) is 0 Å². The maximum absolute atomic E-state index is 2.49. The second-order valence-corrected chi connectivity index (χ2v) is 4.85. The van der Waals surface area contributed by atoms with Crippen molar-refractivity contribution in [1.82, 2.24) is 0 Å². The molecule has 0 heterocycles. The highest BCUT2D eigenvalue weighted by Gasteiger charge is 2.11. The fourth-order valence-electron chi connectivity index (χ4n) is 1.08. The Kier molecular flexibility index (Phi) is 2.96. The average molecular weight is 248 g/mol. The Morgan fingerprint density at radius 3 is 2.80 bits per heavy atom. The van der Waals surface area contributed by atoms with E-state index >= 15 is 0 Å². The smallest absolute Gasteiger partial charge is 0.0147 e. The summed E-state index contributed by atoms with van der Waals surface area (Å²) in [5.41, 5.74) is 1.41. The highest BCUT2D eigenvalue weighted by molar-refractivity contribution is 14.1. The zero-order valence-electron chi connectivity index (χ0n) is 6.47. The average Bonchev–Trinajstić information content (AvgIpc) is 1.88. The van der Waals surface area contributed by atoms with Gasteiger partial charge in [-0.1, -0.05) is 53.3 Å². The maximum Gasteiger partial charge on any atom is 0.0147 e. The molecule has 0 saturated carbocycles. The molecule has 0 nitrogen and oxygen atoms in total. The number of rotatable bonds is 1. The molecule has 0 unspecified atom stereocenters. The Balaban J connectivity index is 2.52. The molecule has 1 heteroatoms. The summed E-state index contributed by atoms with van der Waals surface area (Å²) in [5.74, 6) is 0.768. The summed E-state index contributed by atoms with van der Waals surface area (Å²) < 4.78 is 0.762. The zero-order chi connectivity index (χ0) is 7.56. The van der Waals surface area contributed by atoms with Gasteiger partial charge in [-0.15, -0.1) is 0 Å². The van der Waals surface area contributed by atoms with E-state index in [2.05, 4.69) is 54.7 Å². The molecular formula is C9H13I. The van der Waals surface area contributed by atoms with Crippen molar-refractivity contribution in [2.75, 3.05) is 0 Å². The standard InChI is InChI=1S/C9H13I/c1-7-3-5-9(6-4-7)8(2)10/h3-5,8-9H,6H2,1-2H3/t8-,9-/m1/s1. The minimum Gasteiger partial charge on any atom is -0.0823 e.